The van der Waals surface area contributed by atoms with Crippen molar-refractivity contribution in [2.24, 2.45) is 16.9 Å². The molecule has 1 saturated heterocycles. The highest BCUT2D eigenvalue weighted by Crippen LogP contribution is 2.40. The van der Waals surface area contributed by atoms with Crippen LogP contribution in [-0.4, -0.2) is 28.8 Å². The molecule has 1 aliphatic carbocycles. The summed E-state index contributed by atoms with van der Waals surface area (Å²) in [6.07, 6.45) is 4.78. The summed E-state index contributed by atoms with van der Waals surface area (Å²) >= 11 is 20.8. The third kappa shape index (κ3) is 4.60. The summed E-state index contributed by atoms with van der Waals surface area (Å²) in [6.45, 7) is 2.15. The van der Waals surface area contributed by atoms with Crippen molar-refractivity contribution >= 4 is 74.4 Å². The maximum atomic E-state index is 6.55. The molecule has 3 aliphatic rings. The molecule has 3 unspecified atom stereocenters. The number of hydrazine groups is 1. The van der Waals surface area contributed by atoms with E-state index >= 15 is 0 Å². The lowest BCUT2D eigenvalue weighted by Gasteiger charge is -2.25. The van der Waals surface area contributed by atoms with Gasteiger partial charge in [-0.05, 0) is 83.2 Å². The first kappa shape index (κ1) is 21.9. The number of hydrogen-bond donors (Lipinski definition) is 1. The Kier molecular flexibility index (Phi) is 6.45. The van der Waals surface area contributed by atoms with Crippen molar-refractivity contribution in [3.63, 3.8) is 0 Å². The number of nitrogens with zero attached hydrogens (tertiary/aromatic N) is 3. The molecule has 4 nitrogen and oxygen atoms in total. The molecule has 2 aromatic rings. The van der Waals surface area contributed by atoms with Crippen LogP contribution in [0, 0.1) is 15.4 Å². The minimum atomic E-state index is 0.0309. The second-order valence-corrected chi connectivity index (χ2v) is 11.1. The second kappa shape index (κ2) is 9.14. The molecule has 1 saturated carbocycles. The molecule has 2 fully saturated rings. The lowest BCUT2D eigenvalue weighted by Crippen LogP contribution is -2.43. The van der Waals surface area contributed by atoms with E-state index in [0.29, 0.717) is 15.0 Å². The number of halogens is 3. The van der Waals surface area contributed by atoms with Crippen LogP contribution in [-0.2, 0) is 0 Å². The molecule has 2 aliphatic heterocycles. The van der Waals surface area contributed by atoms with Crippen LogP contribution in [0.25, 0.3) is 0 Å². The van der Waals surface area contributed by atoms with Gasteiger partial charge in [0, 0.05) is 28.1 Å². The molecule has 3 atom stereocenters. The van der Waals surface area contributed by atoms with Crippen molar-refractivity contribution in [3.8, 4) is 0 Å². The van der Waals surface area contributed by atoms with E-state index in [1.54, 1.807) is 6.07 Å². The van der Waals surface area contributed by atoms with Gasteiger partial charge in [0.05, 0.1) is 22.5 Å². The SMILES string of the molecule is S=C(NN1CC2CCCC2C1)C1=NN(c2ccc(Cl)cc2Cl)C(c2ccc(I)cc2)C1. The van der Waals surface area contributed by atoms with Crippen LogP contribution in [0.4, 0.5) is 5.69 Å². The summed E-state index contributed by atoms with van der Waals surface area (Å²) in [5, 5.41) is 10.4. The van der Waals surface area contributed by atoms with Crippen LogP contribution in [0.1, 0.15) is 37.3 Å². The molecule has 0 bridgehead atoms. The summed E-state index contributed by atoms with van der Waals surface area (Å²) < 4.78 is 1.20. The van der Waals surface area contributed by atoms with Crippen LogP contribution < -0.4 is 10.4 Å². The number of nitrogens with one attached hydrogen (secondary N) is 1. The molecular formula is C23H23Cl2IN4S. The zero-order chi connectivity index (χ0) is 21.5. The number of hydrogen-bond acceptors (Lipinski definition) is 4. The minimum Gasteiger partial charge on any atom is -0.308 e. The summed E-state index contributed by atoms with van der Waals surface area (Å²) in [6, 6.07) is 14.1. The highest BCUT2D eigenvalue weighted by molar-refractivity contribution is 14.1. The monoisotopic (exact) mass is 584 g/mol. The van der Waals surface area contributed by atoms with Crippen molar-refractivity contribution in [3.05, 3.63) is 61.6 Å². The van der Waals surface area contributed by atoms with Crippen molar-refractivity contribution in [1.29, 1.82) is 0 Å². The van der Waals surface area contributed by atoms with Gasteiger partial charge >= 0.3 is 0 Å². The average Bonchev–Trinajstić information content (AvgIpc) is 3.43. The Morgan fingerprint density at radius 1 is 1.06 bits per heavy atom. The maximum absolute atomic E-state index is 6.55. The van der Waals surface area contributed by atoms with E-state index in [0.717, 1.165) is 42.7 Å². The third-order valence-corrected chi connectivity index (χ3v) is 8.15. The first-order valence-corrected chi connectivity index (χ1v) is 12.9. The molecule has 1 N–H and O–H groups in total. The Balaban J connectivity index is 1.39. The van der Waals surface area contributed by atoms with Crippen LogP contribution in [0.2, 0.25) is 10.0 Å². The van der Waals surface area contributed by atoms with Gasteiger partial charge in [0.15, 0.2) is 0 Å². The fraction of sp³-hybridized carbons (Fsp3) is 0.391. The number of thiocarbonyl (C=S) groups is 1. The summed E-state index contributed by atoms with van der Waals surface area (Å²) in [5.74, 6) is 1.62. The quantitative estimate of drug-likeness (QED) is 0.330. The number of anilines is 1. The summed E-state index contributed by atoms with van der Waals surface area (Å²) in [5.41, 5.74) is 6.39. The van der Waals surface area contributed by atoms with E-state index in [9.17, 15) is 0 Å². The molecule has 0 aromatic heterocycles. The van der Waals surface area contributed by atoms with Gasteiger partial charge in [-0.3, -0.25) is 5.01 Å². The van der Waals surface area contributed by atoms with Crippen molar-refractivity contribution in [2.75, 3.05) is 18.1 Å². The van der Waals surface area contributed by atoms with E-state index in [2.05, 4.69) is 57.3 Å². The van der Waals surface area contributed by atoms with Crippen LogP contribution in [0.3, 0.4) is 0 Å². The van der Waals surface area contributed by atoms with Crippen LogP contribution in [0.15, 0.2) is 47.6 Å². The predicted octanol–water partition coefficient (Wildman–Crippen LogP) is 6.47. The van der Waals surface area contributed by atoms with Crippen molar-refractivity contribution in [2.45, 2.75) is 31.7 Å². The molecule has 5 rings (SSSR count). The van der Waals surface area contributed by atoms with Gasteiger partial charge < -0.3 is 5.43 Å². The van der Waals surface area contributed by atoms with Gasteiger partial charge in [0.25, 0.3) is 0 Å². The molecular weight excluding hydrogens is 562 g/mol. The van der Waals surface area contributed by atoms with Gasteiger partial charge in [0.1, 0.15) is 4.99 Å². The predicted molar refractivity (Wildman–Crippen MR) is 141 cm³/mol. The Labute approximate surface area is 212 Å². The first-order chi connectivity index (χ1) is 15.0. The fourth-order valence-corrected chi connectivity index (χ4v) is 6.12. The van der Waals surface area contributed by atoms with Crippen molar-refractivity contribution < 1.29 is 0 Å². The van der Waals surface area contributed by atoms with Gasteiger partial charge in [-0.2, -0.15) is 5.10 Å². The van der Waals surface area contributed by atoms with E-state index < -0.39 is 0 Å². The lowest BCUT2D eigenvalue weighted by atomic mass is 10.0. The third-order valence-electron chi connectivity index (χ3n) is 6.57. The van der Waals surface area contributed by atoms with Gasteiger partial charge in [-0.15, -0.1) is 0 Å². The zero-order valence-corrected chi connectivity index (χ0v) is 21.4. The van der Waals surface area contributed by atoms with E-state index in [1.165, 1.54) is 28.4 Å². The Hall–Kier alpha value is -0.930. The molecule has 0 amide bonds. The van der Waals surface area contributed by atoms with Gasteiger partial charge in [-0.1, -0.05) is 54.0 Å². The van der Waals surface area contributed by atoms with E-state index in [-0.39, 0.29) is 6.04 Å². The van der Waals surface area contributed by atoms with E-state index in [1.807, 2.05) is 17.1 Å². The number of rotatable bonds is 4. The standard InChI is InChI=1S/C23H23Cl2IN4S/c24-17-6-9-21(19(25)10-17)30-22(14-4-7-18(26)8-5-14)11-20(27-30)23(31)28-29-12-15-2-1-3-16(15)13-29/h4-10,15-16,22H,1-3,11-13H2,(H,28,31). The van der Waals surface area contributed by atoms with Gasteiger partial charge in [0.2, 0.25) is 0 Å². The molecule has 0 radical (unpaired) electrons. The van der Waals surface area contributed by atoms with Crippen LogP contribution >= 0.6 is 58.0 Å². The number of fused-ring (bicyclic) bond motifs is 1. The highest BCUT2D eigenvalue weighted by atomic mass is 127. The molecule has 8 heteroatoms. The molecule has 0 spiro atoms. The second-order valence-electron chi connectivity index (χ2n) is 8.56. The summed E-state index contributed by atoms with van der Waals surface area (Å²) in [7, 11) is 0. The summed E-state index contributed by atoms with van der Waals surface area (Å²) in [4.78, 5) is 0.711. The zero-order valence-electron chi connectivity index (χ0n) is 16.9. The Morgan fingerprint density at radius 3 is 2.45 bits per heavy atom. The van der Waals surface area contributed by atoms with Crippen molar-refractivity contribution in [1.82, 2.24) is 10.4 Å². The largest absolute Gasteiger partial charge is 0.308 e. The normalized spacial score (nSPS) is 25.6. The lowest BCUT2D eigenvalue weighted by molar-refractivity contribution is 0.274. The minimum absolute atomic E-state index is 0.0309. The van der Waals surface area contributed by atoms with E-state index in [4.69, 9.17) is 40.5 Å². The fourth-order valence-electron chi connectivity index (χ4n) is 5.02. The molecule has 2 heterocycles. The number of hydrazone groups is 1. The smallest absolute Gasteiger partial charge is 0.137 e. The first-order valence-electron chi connectivity index (χ1n) is 10.6. The Morgan fingerprint density at radius 2 is 1.77 bits per heavy atom. The Bertz CT molecular complexity index is 1020. The maximum Gasteiger partial charge on any atom is 0.137 e. The van der Waals surface area contributed by atoms with Crippen LogP contribution in [0.5, 0.6) is 0 Å². The highest BCUT2D eigenvalue weighted by Gasteiger charge is 2.38. The molecule has 2 aromatic carbocycles. The van der Waals surface area contributed by atoms with Gasteiger partial charge in [-0.25, -0.2) is 5.01 Å². The molecule has 162 valence electrons. The molecule has 31 heavy (non-hydrogen) atoms. The average molecular weight is 585 g/mol. The number of benzene rings is 2. The topological polar surface area (TPSA) is 30.9 Å².